The Morgan fingerprint density at radius 3 is 2.33 bits per heavy atom. The lowest BCUT2D eigenvalue weighted by atomic mass is 10.1. The number of rotatable bonds is 4. The van der Waals surface area contributed by atoms with Crippen molar-refractivity contribution in [3.63, 3.8) is 0 Å². The van der Waals surface area contributed by atoms with Crippen LogP contribution in [-0.4, -0.2) is 21.8 Å². The molecule has 0 radical (unpaired) electrons. The maximum Gasteiger partial charge on any atom is 0.234 e. The zero-order valence-electron chi connectivity index (χ0n) is 11.7. The second-order valence-electron chi connectivity index (χ2n) is 4.59. The van der Waals surface area contributed by atoms with Gasteiger partial charge in [-0.1, -0.05) is 0 Å². The third-order valence-electron chi connectivity index (χ3n) is 2.96. The summed E-state index contributed by atoms with van der Waals surface area (Å²) in [4.78, 5) is 33.0. The van der Waals surface area contributed by atoms with Crippen molar-refractivity contribution in [3.05, 3.63) is 48.5 Å². The highest BCUT2D eigenvalue weighted by molar-refractivity contribution is 6.14. The molecule has 1 aromatic carbocycles. The van der Waals surface area contributed by atoms with Crippen molar-refractivity contribution in [1.29, 1.82) is 0 Å². The van der Waals surface area contributed by atoms with E-state index in [1.807, 2.05) is 0 Å². The minimum Gasteiger partial charge on any atom is -0.399 e. The number of carbonyl (C=O) groups excluding carboxylic acids is 2. The van der Waals surface area contributed by atoms with E-state index >= 15 is 0 Å². The topological polar surface area (TPSA) is 89.2 Å². The highest BCUT2D eigenvalue weighted by Gasteiger charge is 2.19. The van der Waals surface area contributed by atoms with Crippen molar-refractivity contribution in [2.45, 2.75) is 19.8 Å². The molecule has 0 fully saturated rings. The first-order chi connectivity index (χ1) is 10.1. The van der Waals surface area contributed by atoms with Gasteiger partial charge in [0.25, 0.3) is 0 Å². The largest absolute Gasteiger partial charge is 0.399 e. The number of nitrogens with two attached hydrogens (primary N) is 1. The molecule has 1 heterocycles. The van der Waals surface area contributed by atoms with Crippen LogP contribution in [0.3, 0.4) is 0 Å². The summed E-state index contributed by atoms with van der Waals surface area (Å²) in [6.45, 7) is 1.36. The van der Waals surface area contributed by atoms with Gasteiger partial charge in [0.2, 0.25) is 11.8 Å². The number of carbonyl (C=O) groups is 2. The molecule has 0 spiro atoms. The van der Waals surface area contributed by atoms with E-state index in [2.05, 4.69) is 9.97 Å². The standard InChI is InChI=1S/C15H16N4O2/c1-11(20)19(14-5-3-13(16)4-6-14)15(21)7-2-12-8-17-10-18-9-12/h3-6,8-10H,2,7,16H2,1H3. The van der Waals surface area contributed by atoms with Crippen molar-refractivity contribution < 1.29 is 9.59 Å². The molecule has 0 aliphatic carbocycles. The number of nitrogen functional groups attached to an aromatic ring is 1. The van der Waals surface area contributed by atoms with Crippen molar-refractivity contribution in [2.24, 2.45) is 0 Å². The first-order valence-electron chi connectivity index (χ1n) is 6.51. The zero-order chi connectivity index (χ0) is 15.2. The molecule has 0 bridgehead atoms. The molecule has 0 aliphatic rings. The minimum absolute atomic E-state index is 0.206. The van der Waals surface area contributed by atoms with Crippen LogP contribution >= 0.6 is 0 Å². The maximum absolute atomic E-state index is 12.3. The van der Waals surface area contributed by atoms with E-state index in [9.17, 15) is 9.59 Å². The molecule has 0 aliphatic heterocycles. The lowest BCUT2D eigenvalue weighted by molar-refractivity contribution is -0.125. The smallest absolute Gasteiger partial charge is 0.234 e. The first kappa shape index (κ1) is 14.6. The fourth-order valence-electron chi connectivity index (χ4n) is 1.95. The van der Waals surface area contributed by atoms with Gasteiger partial charge in [-0.05, 0) is 36.2 Å². The molecule has 2 amide bonds. The lowest BCUT2D eigenvalue weighted by Gasteiger charge is -2.19. The van der Waals surface area contributed by atoms with Gasteiger partial charge in [0.1, 0.15) is 6.33 Å². The number of aryl methyl sites for hydroxylation is 1. The minimum atomic E-state index is -0.325. The highest BCUT2D eigenvalue weighted by Crippen LogP contribution is 2.18. The summed E-state index contributed by atoms with van der Waals surface area (Å²) in [6.07, 6.45) is 5.43. The van der Waals surface area contributed by atoms with Crippen LogP contribution < -0.4 is 10.6 Å². The van der Waals surface area contributed by atoms with E-state index < -0.39 is 0 Å². The molecular weight excluding hydrogens is 268 g/mol. The van der Waals surface area contributed by atoms with Gasteiger partial charge in [-0.15, -0.1) is 0 Å². The van der Waals surface area contributed by atoms with Gasteiger partial charge in [-0.3, -0.25) is 14.5 Å². The molecule has 0 unspecified atom stereocenters. The van der Waals surface area contributed by atoms with Crippen LogP contribution in [0.5, 0.6) is 0 Å². The number of amides is 2. The SMILES string of the molecule is CC(=O)N(C(=O)CCc1cncnc1)c1ccc(N)cc1. The quantitative estimate of drug-likeness (QED) is 0.861. The van der Waals surface area contributed by atoms with E-state index in [1.54, 1.807) is 36.7 Å². The molecule has 2 rings (SSSR count). The molecule has 21 heavy (non-hydrogen) atoms. The van der Waals surface area contributed by atoms with Crippen LogP contribution in [0.2, 0.25) is 0 Å². The van der Waals surface area contributed by atoms with Crippen molar-refractivity contribution >= 4 is 23.2 Å². The van der Waals surface area contributed by atoms with Crippen molar-refractivity contribution in [1.82, 2.24) is 9.97 Å². The summed E-state index contributed by atoms with van der Waals surface area (Å²) < 4.78 is 0. The summed E-state index contributed by atoms with van der Waals surface area (Å²) in [5, 5.41) is 0. The third-order valence-corrected chi connectivity index (χ3v) is 2.96. The Bertz CT molecular complexity index is 626. The first-order valence-corrected chi connectivity index (χ1v) is 6.51. The van der Waals surface area contributed by atoms with Crippen molar-refractivity contribution in [3.8, 4) is 0 Å². The average molecular weight is 284 g/mol. The van der Waals surface area contributed by atoms with Gasteiger partial charge in [-0.2, -0.15) is 0 Å². The number of hydrogen-bond acceptors (Lipinski definition) is 5. The van der Waals surface area contributed by atoms with Gasteiger partial charge in [0.05, 0.1) is 5.69 Å². The molecule has 2 aromatic rings. The number of aromatic nitrogens is 2. The Hall–Kier alpha value is -2.76. The second kappa shape index (κ2) is 6.60. The Kier molecular flexibility index (Phi) is 4.61. The second-order valence-corrected chi connectivity index (χ2v) is 4.59. The van der Waals surface area contributed by atoms with Crippen LogP contribution in [0.1, 0.15) is 18.9 Å². The Morgan fingerprint density at radius 2 is 1.76 bits per heavy atom. The van der Waals surface area contributed by atoms with Crippen LogP contribution in [0, 0.1) is 0 Å². The van der Waals surface area contributed by atoms with E-state index in [1.165, 1.54) is 13.3 Å². The van der Waals surface area contributed by atoms with Crippen LogP contribution in [0.25, 0.3) is 0 Å². The zero-order valence-corrected chi connectivity index (χ0v) is 11.7. The molecule has 108 valence electrons. The third kappa shape index (κ3) is 3.85. The van der Waals surface area contributed by atoms with E-state index in [4.69, 9.17) is 5.73 Å². The number of anilines is 2. The van der Waals surface area contributed by atoms with Crippen LogP contribution in [0.4, 0.5) is 11.4 Å². The number of nitrogens with zero attached hydrogens (tertiary/aromatic N) is 3. The van der Waals surface area contributed by atoms with Crippen LogP contribution in [0.15, 0.2) is 43.0 Å². The summed E-state index contributed by atoms with van der Waals surface area (Å²) in [5.74, 6) is -0.592. The van der Waals surface area contributed by atoms with Gasteiger partial charge >= 0.3 is 0 Å². The van der Waals surface area contributed by atoms with Gasteiger partial charge in [0, 0.05) is 31.4 Å². The number of hydrogen-bond donors (Lipinski definition) is 1. The fraction of sp³-hybridized carbons (Fsp3) is 0.200. The van der Waals surface area contributed by atoms with E-state index in [-0.39, 0.29) is 18.2 Å². The Balaban J connectivity index is 2.09. The monoisotopic (exact) mass is 284 g/mol. The van der Waals surface area contributed by atoms with Gasteiger partial charge < -0.3 is 5.73 Å². The molecule has 0 saturated carbocycles. The molecule has 6 nitrogen and oxygen atoms in total. The predicted octanol–water partition coefficient (Wildman–Crippen LogP) is 1.57. The maximum atomic E-state index is 12.3. The summed E-state index contributed by atoms with van der Waals surface area (Å²) in [5.41, 5.74) is 7.56. The summed E-state index contributed by atoms with van der Waals surface area (Å²) in [6, 6.07) is 6.62. The Morgan fingerprint density at radius 1 is 1.14 bits per heavy atom. The normalized spacial score (nSPS) is 10.1. The molecule has 6 heteroatoms. The summed E-state index contributed by atoms with van der Waals surface area (Å²) in [7, 11) is 0. The van der Waals surface area contributed by atoms with Gasteiger partial charge in [0.15, 0.2) is 0 Å². The molecule has 2 N–H and O–H groups in total. The average Bonchev–Trinajstić information content (AvgIpc) is 2.48. The molecular formula is C15H16N4O2. The number of imide groups is 1. The Labute approximate surface area is 122 Å². The number of benzene rings is 1. The summed E-state index contributed by atoms with van der Waals surface area (Å²) >= 11 is 0. The van der Waals surface area contributed by atoms with Crippen LogP contribution in [-0.2, 0) is 16.0 Å². The predicted molar refractivity (Wildman–Crippen MR) is 79.4 cm³/mol. The molecule has 0 atom stereocenters. The molecule has 0 saturated heterocycles. The molecule has 1 aromatic heterocycles. The fourth-order valence-corrected chi connectivity index (χ4v) is 1.95. The van der Waals surface area contributed by atoms with E-state index in [0.717, 1.165) is 10.5 Å². The van der Waals surface area contributed by atoms with Gasteiger partial charge in [-0.25, -0.2) is 9.97 Å². The van der Waals surface area contributed by atoms with Crippen molar-refractivity contribution in [2.75, 3.05) is 10.6 Å². The highest BCUT2D eigenvalue weighted by atomic mass is 16.2. The van der Waals surface area contributed by atoms with E-state index in [0.29, 0.717) is 17.8 Å². The lowest BCUT2D eigenvalue weighted by Crippen LogP contribution is -2.35.